The van der Waals surface area contributed by atoms with Crippen LogP contribution in [-0.2, 0) is 11.2 Å². The number of carbonyl (C=O) groups excluding carboxylic acids is 3. The Labute approximate surface area is 186 Å². The molecule has 7 nitrogen and oxygen atoms in total. The number of rotatable bonds is 7. The molecule has 0 bridgehead atoms. The Morgan fingerprint density at radius 2 is 1.59 bits per heavy atom. The van der Waals surface area contributed by atoms with Crippen LogP contribution in [0.5, 0.6) is 11.5 Å². The molecule has 4 amide bonds. The minimum Gasteiger partial charge on any atom is -0.457 e. The van der Waals surface area contributed by atoms with Crippen LogP contribution in [0.15, 0.2) is 84.9 Å². The van der Waals surface area contributed by atoms with E-state index >= 15 is 0 Å². The summed E-state index contributed by atoms with van der Waals surface area (Å²) in [6.07, 6.45) is 1.03. The van der Waals surface area contributed by atoms with E-state index in [2.05, 4.69) is 10.7 Å². The average molecular weight is 429 g/mol. The van der Waals surface area contributed by atoms with Crippen LogP contribution in [0.1, 0.15) is 29.3 Å². The van der Waals surface area contributed by atoms with Crippen molar-refractivity contribution >= 4 is 17.8 Å². The van der Waals surface area contributed by atoms with E-state index in [-0.39, 0.29) is 5.56 Å². The summed E-state index contributed by atoms with van der Waals surface area (Å²) in [4.78, 5) is 38.1. The van der Waals surface area contributed by atoms with E-state index in [9.17, 15) is 14.4 Å². The molecule has 0 unspecified atom stereocenters. The van der Waals surface area contributed by atoms with Gasteiger partial charge in [0.15, 0.2) is 0 Å². The molecule has 0 aliphatic carbocycles. The summed E-state index contributed by atoms with van der Waals surface area (Å²) in [5.41, 5.74) is 2.64. The van der Waals surface area contributed by atoms with Gasteiger partial charge in [0.25, 0.3) is 11.8 Å². The predicted octanol–water partition coefficient (Wildman–Crippen LogP) is 4.07. The fourth-order valence-electron chi connectivity index (χ4n) is 3.49. The van der Waals surface area contributed by atoms with E-state index in [1.165, 1.54) is 0 Å². The number of carbonyl (C=O) groups is 3. The Morgan fingerprint density at radius 1 is 0.938 bits per heavy atom. The second kappa shape index (κ2) is 8.93. The number of urea groups is 1. The monoisotopic (exact) mass is 429 g/mol. The third kappa shape index (κ3) is 4.62. The highest BCUT2D eigenvalue weighted by molar-refractivity contribution is 6.09. The van der Waals surface area contributed by atoms with Gasteiger partial charge in [-0.2, -0.15) is 5.01 Å². The molecule has 162 valence electrons. The highest BCUT2D eigenvalue weighted by Crippen LogP contribution is 2.24. The van der Waals surface area contributed by atoms with Crippen molar-refractivity contribution in [2.75, 3.05) is 0 Å². The summed E-state index contributed by atoms with van der Waals surface area (Å²) in [5.74, 6) is 0.0184. The number of benzene rings is 3. The highest BCUT2D eigenvalue weighted by atomic mass is 16.5. The zero-order valence-corrected chi connectivity index (χ0v) is 17.6. The number of aryl methyl sites for hydroxylation is 1. The molecule has 0 spiro atoms. The van der Waals surface area contributed by atoms with Gasteiger partial charge < -0.3 is 10.1 Å². The van der Waals surface area contributed by atoms with E-state index in [1.54, 1.807) is 43.3 Å². The molecule has 4 rings (SSSR count). The largest absolute Gasteiger partial charge is 0.457 e. The number of nitrogens with zero attached hydrogens (tertiary/aromatic N) is 1. The topological polar surface area (TPSA) is 87.7 Å². The first-order valence-corrected chi connectivity index (χ1v) is 10.3. The lowest BCUT2D eigenvalue weighted by molar-refractivity contribution is -0.132. The van der Waals surface area contributed by atoms with Gasteiger partial charge in [-0.25, -0.2) is 4.79 Å². The standard InChI is InChI=1S/C25H23N3O4/c1-25(16-15-18-9-4-2-5-10-18)23(30)28(24(31)26-25)27-22(29)19-11-8-14-21(17-19)32-20-12-6-3-7-13-20/h2-14,17H,15-16H2,1H3,(H,26,31)(H,27,29)/t25-/m0/s1. The molecule has 0 saturated carbocycles. The third-order valence-corrected chi connectivity index (χ3v) is 5.31. The fourth-order valence-corrected chi connectivity index (χ4v) is 3.49. The summed E-state index contributed by atoms with van der Waals surface area (Å²) in [5, 5.41) is 3.45. The molecular formula is C25H23N3O4. The van der Waals surface area contributed by atoms with E-state index in [0.717, 1.165) is 10.6 Å². The zero-order valence-electron chi connectivity index (χ0n) is 17.6. The zero-order chi connectivity index (χ0) is 22.6. The van der Waals surface area contributed by atoms with Crippen LogP contribution in [0.4, 0.5) is 4.79 Å². The molecule has 1 atom stereocenters. The maximum Gasteiger partial charge on any atom is 0.344 e. The number of ether oxygens (including phenoxy) is 1. The average Bonchev–Trinajstić information content (AvgIpc) is 3.02. The number of para-hydroxylation sites is 1. The van der Waals surface area contributed by atoms with Crippen molar-refractivity contribution in [2.45, 2.75) is 25.3 Å². The third-order valence-electron chi connectivity index (χ3n) is 5.31. The molecule has 1 heterocycles. The molecule has 1 saturated heterocycles. The van der Waals surface area contributed by atoms with Crippen LogP contribution in [0.25, 0.3) is 0 Å². The summed E-state index contributed by atoms with van der Waals surface area (Å²) >= 11 is 0. The Morgan fingerprint density at radius 3 is 2.31 bits per heavy atom. The van der Waals surface area contributed by atoms with Gasteiger partial charge in [0, 0.05) is 5.56 Å². The Hall–Kier alpha value is -4.13. The number of imide groups is 1. The first-order chi connectivity index (χ1) is 15.4. The van der Waals surface area contributed by atoms with Gasteiger partial charge in [-0.05, 0) is 55.7 Å². The normalized spacial score (nSPS) is 17.7. The van der Waals surface area contributed by atoms with Gasteiger partial charge in [0.05, 0.1) is 0 Å². The van der Waals surface area contributed by atoms with Crippen LogP contribution in [0, 0.1) is 0 Å². The summed E-state index contributed by atoms with van der Waals surface area (Å²) < 4.78 is 5.75. The number of nitrogens with one attached hydrogen (secondary N) is 2. The fraction of sp³-hybridized carbons (Fsp3) is 0.160. The lowest BCUT2D eigenvalue weighted by atomic mass is 9.93. The Balaban J connectivity index is 1.42. The lowest BCUT2D eigenvalue weighted by Gasteiger charge is -2.21. The molecular weight excluding hydrogens is 406 g/mol. The van der Waals surface area contributed by atoms with E-state index in [0.29, 0.717) is 24.3 Å². The predicted molar refractivity (Wildman–Crippen MR) is 119 cm³/mol. The molecule has 0 radical (unpaired) electrons. The number of hydrazine groups is 1. The maximum atomic E-state index is 12.9. The first kappa shape index (κ1) is 21.1. The van der Waals surface area contributed by atoms with E-state index in [4.69, 9.17) is 4.74 Å². The molecule has 1 aliphatic rings. The van der Waals surface area contributed by atoms with Gasteiger partial charge in [-0.15, -0.1) is 0 Å². The van der Waals surface area contributed by atoms with Crippen molar-refractivity contribution in [3.63, 3.8) is 0 Å². The Kier molecular flexibility index (Phi) is 5.89. The van der Waals surface area contributed by atoms with Crippen LogP contribution >= 0.6 is 0 Å². The smallest absolute Gasteiger partial charge is 0.344 e. The van der Waals surface area contributed by atoms with Crippen molar-refractivity contribution in [1.82, 2.24) is 15.8 Å². The highest BCUT2D eigenvalue weighted by Gasteiger charge is 2.48. The van der Waals surface area contributed by atoms with Crippen molar-refractivity contribution in [1.29, 1.82) is 0 Å². The molecule has 0 aromatic heterocycles. The molecule has 7 heteroatoms. The lowest BCUT2D eigenvalue weighted by Crippen LogP contribution is -2.48. The molecule has 2 N–H and O–H groups in total. The quantitative estimate of drug-likeness (QED) is 0.555. The van der Waals surface area contributed by atoms with E-state index < -0.39 is 23.4 Å². The van der Waals surface area contributed by atoms with Gasteiger partial charge in [-0.3, -0.25) is 15.0 Å². The summed E-state index contributed by atoms with van der Waals surface area (Å²) in [6, 6.07) is 24.7. The molecule has 1 aliphatic heterocycles. The van der Waals surface area contributed by atoms with E-state index in [1.807, 2.05) is 48.5 Å². The van der Waals surface area contributed by atoms with Crippen molar-refractivity contribution in [3.8, 4) is 11.5 Å². The number of amides is 4. The van der Waals surface area contributed by atoms with Crippen LogP contribution in [-0.4, -0.2) is 28.4 Å². The van der Waals surface area contributed by atoms with Crippen LogP contribution < -0.4 is 15.5 Å². The first-order valence-electron chi connectivity index (χ1n) is 10.3. The van der Waals surface area contributed by atoms with Gasteiger partial charge in [0.1, 0.15) is 17.0 Å². The molecule has 3 aromatic rings. The minimum absolute atomic E-state index is 0.261. The van der Waals surface area contributed by atoms with Gasteiger partial charge >= 0.3 is 6.03 Å². The van der Waals surface area contributed by atoms with Crippen molar-refractivity contribution in [2.24, 2.45) is 0 Å². The second-order valence-electron chi connectivity index (χ2n) is 7.77. The Bertz CT molecular complexity index is 1130. The van der Waals surface area contributed by atoms with Crippen LogP contribution in [0.3, 0.4) is 0 Å². The number of hydrogen-bond donors (Lipinski definition) is 2. The van der Waals surface area contributed by atoms with Crippen LogP contribution in [0.2, 0.25) is 0 Å². The number of hydrogen-bond acceptors (Lipinski definition) is 4. The van der Waals surface area contributed by atoms with Crippen molar-refractivity contribution < 1.29 is 19.1 Å². The maximum absolute atomic E-state index is 12.9. The SMILES string of the molecule is C[C@@]1(CCc2ccccc2)NC(=O)N(NC(=O)c2cccc(Oc3ccccc3)c2)C1=O. The minimum atomic E-state index is -1.10. The molecule has 3 aromatic carbocycles. The summed E-state index contributed by atoms with van der Waals surface area (Å²) in [6.45, 7) is 1.66. The van der Waals surface area contributed by atoms with Gasteiger partial charge in [-0.1, -0.05) is 54.6 Å². The van der Waals surface area contributed by atoms with Gasteiger partial charge in [0.2, 0.25) is 0 Å². The molecule has 1 fully saturated rings. The molecule has 32 heavy (non-hydrogen) atoms. The summed E-state index contributed by atoms with van der Waals surface area (Å²) in [7, 11) is 0. The second-order valence-corrected chi connectivity index (χ2v) is 7.77. The van der Waals surface area contributed by atoms with Crippen molar-refractivity contribution in [3.05, 3.63) is 96.1 Å².